The summed E-state index contributed by atoms with van der Waals surface area (Å²) in [6.07, 6.45) is 0. The molecule has 0 radical (unpaired) electrons. The van der Waals surface area contributed by atoms with Crippen LogP contribution in [0.15, 0.2) is 65.2 Å². The molecule has 7 nitrogen and oxygen atoms in total. The zero-order chi connectivity index (χ0) is 22.4. The standard InChI is InChI=1S/C23H21N3O4S/c1-14-8-10-15(11-9-14)19-17(12-24)22(26-21(28)20(19)23(29)30-2)31-13-18(27)25-16-6-4-3-5-7-16/h3-11,19-20H,13H2,1-2H3,(H,25,27)(H,26,28). The number of carbonyl (C=O) groups is 3. The molecule has 2 N–H and O–H groups in total. The van der Waals surface area contributed by atoms with Crippen LogP contribution in [0.4, 0.5) is 5.69 Å². The van der Waals surface area contributed by atoms with E-state index in [4.69, 9.17) is 4.74 Å². The van der Waals surface area contributed by atoms with Gasteiger partial charge in [0.2, 0.25) is 11.8 Å². The molecule has 0 spiro atoms. The van der Waals surface area contributed by atoms with Crippen LogP contribution in [0.25, 0.3) is 0 Å². The summed E-state index contributed by atoms with van der Waals surface area (Å²) in [7, 11) is 1.20. The van der Waals surface area contributed by atoms with Crippen LogP contribution in [0, 0.1) is 24.2 Å². The van der Waals surface area contributed by atoms with Crippen molar-refractivity contribution in [2.75, 3.05) is 18.2 Å². The summed E-state index contributed by atoms with van der Waals surface area (Å²) in [5, 5.41) is 15.5. The third-order valence-corrected chi connectivity index (χ3v) is 5.84. The van der Waals surface area contributed by atoms with Crippen molar-refractivity contribution in [3.63, 3.8) is 0 Å². The molecule has 1 aliphatic rings. The van der Waals surface area contributed by atoms with E-state index in [9.17, 15) is 19.6 Å². The number of thioether (sulfide) groups is 1. The van der Waals surface area contributed by atoms with Crippen molar-refractivity contribution in [1.29, 1.82) is 5.26 Å². The van der Waals surface area contributed by atoms with E-state index < -0.39 is 23.7 Å². The third-order valence-electron chi connectivity index (χ3n) is 4.83. The molecule has 0 bridgehead atoms. The normalized spacial score (nSPS) is 18.0. The molecule has 1 heterocycles. The number of para-hydroxylation sites is 1. The number of hydrogen-bond acceptors (Lipinski definition) is 6. The van der Waals surface area contributed by atoms with Gasteiger partial charge in [-0.05, 0) is 24.6 Å². The molecule has 0 saturated heterocycles. The Hall–Kier alpha value is -3.57. The minimum Gasteiger partial charge on any atom is -0.468 e. The lowest BCUT2D eigenvalue weighted by Gasteiger charge is -2.31. The number of methoxy groups -OCH3 is 1. The summed E-state index contributed by atoms with van der Waals surface area (Å²) >= 11 is 1.05. The van der Waals surface area contributed by atoms with E-state index >= 15 is 0 Å². The first-order chi connectivity index (χ1) is 14.9. The highest BCUT2D eigenvalue weighted by Crippen LogP contribution is 2.40. The molecule has 8 heteroatoms. The second kappa shape index (κ2) is 9.96. The molecular weight excluding hydrogens is 414 g/mol. The molecule has 158 valence electrons. The van der Waals surface area contributed by atoms with Crippen molar-refractivity contribution >= 4 is 35.2 Å². The van der Waals surface area contributed by atoms with Gasteiger partial charge in [-0.3, -0.25) is 14.4 Å². The first kappa shape index (κ1) is 22.1. The van der Waals surface area contributed by atoms with Gasteiger partial charge in [0.15, 0.2) is 0 Å². The second-order valence-electron chi connectivity index (χ2n) is 6.94. The lowest BCUT2D eigenvalue weighted by atomic mass is 9.78. The summed E-state index contributed by atoms with van der Waals surface area (Å²) in [6.45, 7) is 1.92. The van der Waals surface area contributed by atoms with Crippen molar-refractivity contribution in [3.05, 3.63) is 76.3 Å². The minimum atomic E-state index is -1.19. The van der Waals surface area contributed by atoms with Crippen LogP contribution >= 0.6 is 11.8 Å². The van der Waals surface area contributed by atoms with Gasteiger partial charge in [-0.1, -0.05) is 59.8 Å². The van der Waals surface area contributed by atoms with Gasteiger partial charge in [-0.2, -0.15) is 5.26 Å². The Labute approximate surface area is 184 Å². The predicted octanol–water partition coefficient (Wildman–Crippen LogP) is 3.10. The molecule has 0 aliphatic carbocycles. The molecule has 0 aromatic heterocycles. The summed E-state index contributed by atoms with van der Waals surface area (Å²) < 4.78 is 4.83. The first-order valence-electron chi connectivity index (χ1n) is 9.51. The Morgan fingerprint density at radius 1 is 1.16 bits per heavy atom. The molecule has 2 amide bonds. The van der Waals surface area contributed by atoms with Crippen LogP contribution in [0.1, 0.15) is 17.0 Å². The smallest absolute Gasteiger partial charge is 0.319 e. The van der Waals surface area contributed by atoms with Crippen LogP contribution in [0.5, 0.6) is 0 Å². The summed E-state index contributed by atoms with van der Waals surface area (Å²) in [4.78, 5) is 37.5. The number of nitrogens with zero attached hydrogens (tertiary/aromatic N) is 1. The lowest BCUT2D eigenvalue weighted by molar-refractivity contribution is -0.150. The number of benzene rings is 2. The van der Waals surface area contributed by atoms with Gasteiger partial charge in [0.25, 0.3) is 0 Å². The molecule has 2 aromatic rings. The Morgan fingerprint density at radius 2 is 1.84 bits per heavy atom. The molecule has 2 aromatic carbocycles. The van der Waals surface area contributed by atoms with Crippen molar-refractivity contribution in [1.82, 2.24) is 5.32 Å². The number of allylic oxidation sites excluding steroid dienone is 1. The summed E-state index contributed by atoms with van der Waals surface area (Å²) in [5.74, 6) is -3.57. The average Bonchev–Trinajstić information content (AvgIpc) is 2.78. The van der Waals surface area contributed by atoms with E-state index in [0.717, 1.165) is 17.3 Å². The number of amides is 2. The molecular formula is C23H21N3O4S. The Balaban J connectivity index is 1.89. The molecule has 1 aliphatic heterocycles. The zero-order valence-corrected chi connectivity index (χ0v) is 17.9. The fraction of sp³-hybridized carbons (Fsp3) is 0.217. The Morgan fingerprint density at radius 3 is 2.45 bits per heavy atom. The number of anilines is 1. The van der Waals surface area contributed by atoms with Crippen molar-refractivity contribution in [2.24, 2.45) is 5.92 Å². The van der Waals surface area contributed by atoms with E-state index in [1.54, 1.807) is 36.4 Å². The fourth-order valence-corrected chi connectivity index (χ4v) is 4.16. The number of carbonyl (C=O) groups excluding carboxylic acids is 3. The summed E-state index contributed by atoms with van der Waals surface area (Å²) in [6, 6.07) is 18.4. The number of aryl methyl sites for hydroxylation is 1. The Kier molecular flexibility index (Phi) is 7.11. The Bertz CT molecular complexity index is 1060. The first-order valence-corrected chi connectivity index (χ1v) is 10.5. The van der Waals surface area contributed by atoms with Crippen LogP contribution < -0.4 is 10.6 Å². The number of esters is 1. The van der Waals surface area contributed by atoms with Gasteiger partial charge in [-0.25, -0.2) is 0 Å². The van der Waals surface area contributed by atoms with E-state index in [1.165, 1.54) is 7.11 Å². The van der Waals surface area contributed by atoms with E-state index in [2.05, 4.69) is 16.7 Å². The highest BCUT2D eigenvalue weighted by molar-refractivity contribution is 8.03. The van der Waals surface area contributed by atoms with Gasteiger partial charge in [0.05, 0.1) is 29.5 Å². The molecule has 0 saturated carbocycles. The zero-order valence-electron chi connectivity index (χ0n) is 17.0. The molecule has 3 rings (SSSR count). The number of nitrogens with one attached hydrogen (secondary N) is 2. The highest BCUT2D eigenvalue weighted by Gasteiger charge is 2.44. The van der Waals surface area contributed by atoms with Crippen molar-refractivity contribution in [3.8, 4) is 6.07 Å². The van der Waals surface area contributed by atoms with Crippen LogP contribution in [0.2, 0.25) is 0 Å². The minimum absolute atomic E-state index is 0.0147. The highest BCUT2D eigenvalue weighted by atomic mass is 32.2. The SMILES string of the molecule is COC(=O)C1C(=O)NC(SCC(=O)Nc2ccccc2)=C(C#N)C1c1ccc(C)cc1. The van der Waals surface area contributed by atoms with Gasteiger partial charge in [0.1, 0.15) is 5.92 Å². The van der Waals surface area contributed by atoms with Crippen LogP contribution in [-0.4, -0.2) is 30.6 Å². The topological polar surface area (TPSA) is 108 Å². The second-order valence-corrected chi connectivity index (χ2v) is 7.92. The van der Waals surface area contributed by atoms with E-state index in [0.29, 0.717) is 11.3 Å². The van der Waals surface area contributed by atoms with Gasteiger partial charge in [-0.15, -0.1) is 0 Å². The average molecular weight is 436 g/mol. The molecule has 0 fully saturated rings. The van der Waals surface area contributed by atoms with Crippen molar-refractivity contribution in [2.45, 2.75) is 12.8 Å². The molecule has 2 unspecified atom stereocenters. The van der Waals surface area contributed by atoms with Crippen LogP contribution in [0.3, 0.4) is 0 Å². The van der Waals surface area contributed by atoms with E-state index in [-0.39, 0.29) is 22.3 Å². The maximum atomic E-state index is 12.8. The third kappa shape index (κ3) is 5.13. The lowest BCUT2D eigenvalue weighted by Crippen LogP contribution is -2.44. The predicted molar refractivity (Wildman–Crippen MR) is 118 cm³/mol. The quantitative estimate of drug-likeness (QED) is 0.533. The summed E-state index contributed by atoms with van der Waals surface area (Å²) in [5.41, 5.74) is 2.53. The molecule has 31 heavy (non-hydrogen) atoms. The maximum absolute atomic E-state index is 12.8. The largest absolute Gasteiger partial charge is 0.468 e. The number of rotatable bonds is 6. The van der Waals surface area contributed by atoms with Crippen molar-refractivity contribution < 1.29 is 19.1 Å². The van der Waals surface area contributed by atoms with Crippen LogP contribution in [-0.2, 0) is 19.1 Å². The number of nitriles is 1. The molecule has 2 atom stereocenters. The number of ether oxygens (including phenoxy) is 1. The fourth-order valence-electron chi connectivity index (χ4n) is 3.31. The monoisotopic (exact) mass is 435 g/mol. The van der Waals surface area contributed by atoms with Gasteiger partial charge >= 0.3 is 5.97 Å². The number of hydrogen-bond donors (Lipinski definition) is 2. The van der Waals surface area contributed by atoms with E-state index in [1.807, 2.05) is 25.1 Å². The van der Waals surface area contributed by atoms with Gasteiger partial charge < -0.3 is 15.4 Å². The van der Waals surface area contributed by atoms with Gasteiger partial charge in [0, 0.05) is 11.6 Å². The maximum Gasteiger partial charge on any atom is 0.319 e.